The topological polar surface area (TPSA) is 33.0 Å². The van der Waals surface area contributed by atoms with Crippen molar-refractivity contribution in [3.63, 3.8) is 0 Å². The molecule has 0 spiro atoms. The van der Waals surface area contributed by atoms with Crippen LogP contribution in [0, 0.1) is 32.6 Å². The van der Waals surface area contributed by atoms with E-state index in [9.17, 15) is 0 Å². The average Bonchev–Trinajstić information content (AvgIpc) is 2.68. The number of ether oxygens (including phenoxy) is 1. The van der Waals surface area contributed by atoms with E-state index < -0.39 is 0 Å². The fourth-order valence-electron chi connectivity index (χ4n) is 3.80. The van der Waals surface area contributed by atoms with E-state index in [2.05, 4.69) is 94.1 Å². The number of nitrogens with zero attached hydrogens (tertiary/aromatic N) is 1. The quantitative estimate of drug-likeness (QED) is 0.387. The minimum atomic E-state index is 0.576. The monoisotopic (exact) mass is 353 g/mol. The zero-order valence-electron chi connectivity index (χ0n) is 16.0. The van der Waals surface area contributed by atoms with Crippen LogP contribution < -0.4 is 4.74 Å². The minimum absolute atomic E-state index is 0.576. The summed E-state index contributed by atoms with van der Waals surface area (Å²) in [6, 6.07) is 23.7. The number of nitriles is 1. The summed E-state index contributed by atoms with van der Waals surface area (Å²) in [7, 11) is 0. The van der Waals surface area contributed by atoms with E-state index in [1.54, 1.807) is 0 Å². The van der Waals surface area contributed by atoms with Gasteiger partial charge in [0, 0.05) is 12.1 Å². The molecule has 27 heavy (non-hydrogen) atoms. The normalized spacial score (nSPS) is 10.4. The first-order chi connectivity index (χ1) is 13.1. The van der Waals surface area contributed by atoms with Gasteiger partial charge in [-0.2, -0.15) is 0 Å². The van der Waals surface area contributed by atoms with Gasteiger partial charge in [-0.3, -0.25) is 0 Å². The highest BCUT2D eigenvalue weighted by Crippen LogP contribution is 2.31. The zero-order valence-corrected chi connectivity index (χ0v) is 16.0. The smallest absolute Gasteiger partial charge is 0.125 e. The van der Waals surface area contributed by atoms with Gasteiger partial charge in [0.15, 0.2) is 0 Å². The van der Waals surface area contributed by atoms with Crippen LogP contribution in [0.25, 0.3) is 21.5 Å². The molecular weight excluding hydrogens is 330 g/mol. The lowest BCUT2D eigenvalue weighted by Crippen LogP contribution is -2.01. The van der Waals surface area contributed by atoms with Crippen molar-refractivity contribution in [3.05, 3.63) is 89.0 Å². The van der Waals surface area contributed by atoms with Gasteiger partial charge in [0.05, 0.1) is 0 Å². The van der Waals surface area contributed by atoms with Gasteiger partial charge in [-0.05, 0) is 59.5 Å². The highest BCUT2D eigenvalue weighted by molar-refractivity contribution is 6.02. The van der Waals surface area contributed by atoms with Gasteiger partial charge in [0.2, 0.25) is 0 Å². The van der Waals surface area contributed by atoms with Crippen LogP contribution >= 0.6 is 0 Å². The van der Waals surface area contributed by atoms with E-state index >= 15 is 0 Å². The predicted molar refractivity (Wildman–Crippen MR) is 113 cm³/mol. The molecule has 0 aliphatic rings. The number of rotatable bonds is 3. The molecule has 2 nitrogen and oxygen atoms in total. The highest BCUT2D eigenvalue weighted by Gasteiger charge is 2.10. The first-order valence-corrected chi connectivity index (χ1v) is 8.99. The molecule has 0 aliphatic heterocycles. The van der Waals surface area contributed by atoms with Crippen LogP contribution in [-0.2, 0) is 6.61 Å². The number of fused-ring (bicyclic) bond motifs is 2. The number of benzene rings is 4. The molecular formula is C25H23NO. The fraction of sp³-hybridized carbons (Fsp3) is 0.160. The van der Waals surface area contributed by atoms with Gasteiger partial charge in [0.25, 0.3) is 0 Å². The van der Waals surface area contributed by atoms with Crippen molar-refractivity contribution >= 4 is 21.5 Å². The third kappa shape index (κ3) is 3.64. The summed E-state index contributed by atoms with van der Waals surface area (Å²) >= 11 is 0. The number of aryl methyl sites for hydroxylation is 3. The lowest BCUT2D eigenvalue weighted by molar-refractivity contribution is 0.304. The minimum Gasteiger partial charge on any atom is -0.488 e. The molecule has 2 heteroatoms. The van der Waals surface area contributed by atoms with E-state index in [-0.39, 0.29) is 0 Å². The molecule has 4 rings (SSSR count). The lowest BCUT2D eigenvalue weighted by atomic mass is 9.97. The number of hydrogen-bond donors (Lipinski definition) is 0. The molecule has 0 heterocycles. The maximum atomic E-state index is 6.50. The van der Waals surface area contributed by atoms with Crippen molar-refractivity contribution in [2.45, 2.75) is 27.4 Å². The molecule has 0 amide bonds. The number of hydrogen-bond acceptors (Lipinski definition) is 2. The van der Waals surface area contributed by atoms with Gasteiger partial charge >= 0.3 is 0 Å². The summed E-state index contributed by atoms with van der Waals surface area (Å²) in [6.07, 6.45) is 0. The largest absolute Gasteiger partial charge is 0.488 e. The van der Waals surface area contributed by atoms with Crippen molar-refractivity contribution in [2.75, 3.05) is 0 Å². The summed E-state index contributed by atoms with van der Waals surface area (Å²) < 4.78 is 6.32. The summed E-state index contributed by atoms with van der Waals surface area (Å²) in [6.45, 7) is 10.4. The zero-order chi connectivity index (χ0) is 19.4. The maximum Gasteiger partial charge on any atom is 0.125 e. The molecule has 0 saturated heterocycles. The molecule has 0 saturated carbocycles. The summed E-state index contributed by atoms with van der Waals surface area (Å²) in [5, 5.41) is 11.6. The first-order valence-electron chi connectivity index (χ1n) is 8.99. The van der Waals surface area contributed by atoms with Crippen LogP contribution in [0.5, 0.6) is 5.75 Å². The molecule has 0 atom stereocenters. The second-order valence-electron chi connectivity index (χ2n) is 6.81. The Morgan fingerprint density at radius 2 is 1.22 bits per heavy atom. The van der Waals surface area contributed by atoms with Crippen LogP contribution in [0.2, 0.25) is 0 Å². The lowest BCUT2D eigenvalue weighted by Gasteiger charge is -2.16. The van der Waals surface area contributed by atoms with Crippen molar-refractivity contribution in [3.8, 4) is 12.3 Å². The van der Waals surface area contributed by atoms with Crippen LogP contribution in [-0.4, -0.2) is 0 Å². The van der Waals surface area contributed by atoms with Gasteiger partial charge in [-0.15, -0.1) is 0 Å². The Kier molecular flexibility index (Phi) is 5.43. The third-order valence-electron chi connectivity index (χ3n) is 4.85. The molecule has 0 bridgehead atoms. The van der Waals surface area contributed by atoms with Crippen molar-refractivity contribution < 1.29 is 4.74 Å². The Hall–Kier alpha value is -3.31. The van der Waals surface area contributed by atoms with E-state index in [1.807, 2.05) is 0 Å². The van der Waals surface area contributed by atoms with Gasteiger partial charge < -0.3 is 4.74 Å². The van der Waals surface area contributed by atoms with Crippen LogP contribution in [0.4, 0.5) is 0 Å². The first kappa shape index (κ1) is 18.5. The van der Waals surface area contributed by atoms with Crippen molar-refractivity contribution in [1.29, 1.82) is 5.26 Å². The standard InChI is InChI=1S/C24H22O.CHN/c1-16-12-17(2)24(18(3)13-16)25-15-23-21-10-6-4-8-19(21)14-20-9-5-7-11-22(20)23;1-2/h4-14H,15H2,1-3H3;1H. The molecule has 0 unspecified atom stereocenters. The second-order valence-corrected chi connectivity index (χ2v) is 6.81. The Bertz CT molecular complexity index is 1050. The predicted octanol–water partition coefficient (Wildman–Crippen LogP) is 6.64. The van der Waals surface area contributed by atoms with E-state index in [0.717, 1.165) is 5.75 Å². The Morgan fingerprint density at radius 1 is 0.741 bits per heavy atom. The van der Waals surface area contributed by atoms with Crippen LogP contribution in [0.3, 0.4) is 0 Å². The molecule has 0 aromatic heterocycles. The van der Waals surface area contributed by atoms with E-state index in [1.165, 1.54) is 43.8 Å². The van der Waals surface area contributed by atoms with Gasteiger partial charge in [-0.25, -0.2) is 5.26 Å². The molecule has 0 fully saturated rings. The molecule has 0 radical (unpaired) electrons. The molecule has 134 valence electrons. The van der Waals surface area contributed by atoms with Crippen LogP contribution in [0.1, 0.15) is 22.3 Å². The Morgan fingerprint density at radius 3 is 1.74 bits per heavy atom. The summed E-state index contributed by atoms with van der Waals surface area (Å²) in [4.78, 5) is 0. The van der Waals surface area contributed by atoms with Gasteiger partial charge in [-0.1, -0.05) is 66.2 Å². The average molecular weight is 353 g/mol. The van der Waals surface area contributed by atoms with E-state index in [0.29, 0.717) is 6.61 Å². The Labute approximate surface area is 160 Å². The molecule has 0 aliphatic carbocycles. The SMILES string of the molecule is C#N.Cc1cc(C)c(OCc2c3ccccc3cc3ccccc23)c(C)c1. The Balaban J connectivity index is 0.00000102. The third-order valence-corrected chi connectivity index (χ3v) is 4.85. The highest BCUT2D eigenvalue weighted by atomic mass is 16.5. The summed E-state index contributed by atoms with van der Waals surface area (Å²) in [5.74, 6) is 1.00. The fourth-order valence-corrected chi connectivity index (χ4v) is 3.80. The second kappa shape index (κ2) is 7.93. The molecule has 4 aromatic rings. The van der Waals surface area contributed by atoms with E-state index in [4.69, 9.17) is 10.00 Å². The molecule has 0 N–H and O–H groups in total. The van der Waals surface area contributed by atoms with Crippen LogP contribution in [0.15, 0.2) is 66.7 Å². The van der Waals surface area contributed by atoms with Crippen molar-refractivity contribution in [2.24, 2.45) is 0 Å². The van der Waals surface area contributed by atoms with Crippen molar-refractivity contribution in [1.82, 2.24) is 0 Å². The van der Waals surface area contributed by atoms with Gasteiger partial charge in [0.1, 0.15) is 12.4 Å². The summed E-state index contributed by atoms with van der Waals surface area (Å²) in [5.41, 5.74) is 4.93. The molecule has 4 aromatic carbocycles. The maximum absolute atomic E-state index is 6.50.